The average Bonchev–Trinajstić information content (AvgIpc) is 2.74. The fourth-order valence-electron chi connectivity index (χ4n) is 3.76. The van der Waals surface area contributed by atoms with Crippen LogP contribution in [0.5, 0.6) is 5.75 Å². The SMILES string of the molecule is COCOc1ccc(C(=O)C2CC3CCC(C2)N3C)c(F)c1. The highest BCUT2D eigenvalue weighted by molar-refractivity contribution is 5.98. The minimum absolute atomic E-state index is 0.0606. The number of fused-ring (bicyclic) bond motifs is 2. The first-order valence-electron chi connectivity index (χ1n) is 7.77. The summed E-state index contributed by atoms with van der Waals surface area (Å²) in [7, 11) is 3.63. The number of ketones is 1. The van der Waals surface area contributed by atoms with E-state index in [-0.39, 0.29) is 24.1 Å². The molecular formula is C17H22FNO3. The van der Waals surface area contributed by atoms with E-state index in [1.54, 1.807) is 6.07 Å². The molecule has 4 nitrogen and oxygen atoms in total. The number of carbonyl (C=O) groups excluding carboxylic acids is 1. The van der Waals surface area contributed by atoms with Crippen LogP contribution in [0.3, 0.4) is 0 Å². The van der Waals surface area contributed by atoms with Crippen molar-refractivity contribution in [2.75, 3.05) is 21.0 Å². The molecule has 22 heavy (non-hydrogen) atoms. The van der Waals surface area contributed by atoms with E-state index in [1.807, 2.05) is 0 Å². The van der Waals surface area contributed by atoms with Gasteiger partial charge in [0.15, 0.2) is 12.6 Å². The van der Waals surface area contributed by atoms with Gasteiger partial charge in [-0.25, -0.2) is 4.39 Å². The summed E-state index contributed by atoms with van der Waals surface area (Å²) in [6.07, 6.45) is 3.98. The third-order valence-corrected chi connectivity index (χ3v) is 5.02. The van der Waals surface area contributed by atoms with Gasteiger partial charge >= 0.3 is 0 Å². The molecule has 0 radical (unpaired) electrons. The zero-order valence-corrected chi connectivity index (χ0v) is 13.0. The number of hydrogen-bond acceptors (Lipinski definition) is 4. The molecular weight excluding hydrogens is 285 g/mol. The number of methoxy groups -OCH3 is 1. The Morgan fingerprint density at radius 2 is 2.00 bits per heavy atom. The van der Waals surface area contributed by atoms with Gasteiger partial charge in [-0.2, -0.15) is 0 Å². The monoisotopic (exact) mass is 307 g/mol. The second-order valence-electron chi connectivity index (χ2n) is 6.28. The summed E-state index contributed by atoms with van der Waals surface area (Å²) in [5.41, 5.74) is 0.179. The summed E-state index contributed by atoms with van der Waals surface area (Å²) < 4.78 is 24.2. The summed E-state index contributed by atoms with van der Waals surface area (Å²) in [6, 6.07) is 5.36. The van der Waals surface area contributed by atoms with Gasteiger partial charge in [0, 0.05) is 31.2 Å². The van der Waals surface area contributed by atoms with Gasteiger partial charge in [0.25, 0.3) is 0 Å². The van der Waals surface area contributed by atoms with Gasteiger partial charge in [-0.1, -0.05) is 0 Å². The lowest BCUT2D eigenvalue weighted by Crippen LogP contribution is -2.42. The first-order chi connectivity index (χ1) is 10.6. The van der Waals surface area contributed by atoms with Gasteiger partial charge in [0.1, 0.15) is 11.6 Å². The predicted octanol–water partition coefficient (Wildman–Crippen LogP) is 2.86. The molecule has 2 aliphatic rings. The number of carbonyl (C=O) groups is 1. The average molecular weight is 307 g/mol. The van der Waals surface area contributed by atoms with E-state index in [2.05, 4.69) is 11.9 Å². The van der Waals surface area contributed by atoms with Gasteiger partial charge in [0.05, 0.1) is 5.56 Å². The van der Waals surface area contributed by atoms with E-state index in [9.17, 15) is 9.18 Å². The molecule has 0 N–H and O–H groups in total. The highest BCUT2D eigenvalue weighted by Gasteiger charge is 2.41. The Hall–Kier alpha value is -1.46. The van der Waals surface area contributed by atoms with Crippen molar-refractivity contribution in [2.24, 2.45) is 5.92 Å². The standard InChI is InChI=1S/C17H22FNO3/c1-19-12-3-4-13(19)8-11(7-12)17(20)15-6-5-14(9-16(15)18)22-10-21-2/h5-6,9,11-13H,3-4,7-8,10H2,1-2H3. The summed E-state index contributed by atoms with van der Waals surface area (Å²) in [6.45, 7) is 0.0606. The number of hydrogen-bond donors (Lipinski definition) is 0. The fourth-order valence-corrected chi connectivity index (χ4v) is 3.76. The lowest BCUT2D eigenvalue weighted by molar-refractivity contribution is 0.0509. The Balaban J connectivity index is 1.72. The van der Waals surface area contributed by atoms with Crippen LogP contribution in [0.15, 0.2) is 18.2 Å². The second kappa shape index (κ2) is 6.34. The van der Waals surface area contributed by atoms with Crippen LogP contribution in [0.2, 0.25) is 0 Å². The van der Waals surface area contributed by atoms with E-state index in [0.717, 1.165) is 25.7 Å². The zero-order chi connectivity index (χ0) is 15.7. The molecule has 2 unspecified atom stereocenters. The van der Waals surface area contributed by atoms with E-state index >= 15 is 0 Å². The highest BCUT2D eigenvalue weighted by atomic mass is 19.1. The van der Waals surface area contributed by atoms with Gasteiger partial charge in [0.2, 0.25) is 0 Å². The third kappa shape index (κ3) is 2.88. The van der Waals surface area contributed by atoms with Crippen LogP contribution >= 0.6 is 0 Å². The van der Waals surface area contributed by atoms with Crippen LogP contribution < -0.4 is 4.74 Å². The van der Waals surface area contributed by atoms with Crippen LogP contribution in [0.25, 0.3) is 0 Å². The lowest BCUT2D eigenvalue weighted by Gasteiger charge is -2.35. The third-order valence-electron chi connectivity index (χ3n) is 5.02. The highest BCUT2D eigenvalue weighted by Crippen LogP contribution is 2.39. The molecule has 2 heterocycles. The fraction of sp³-hybridized carbons (Fsp3) is 0.588. The number of Topliss-reactive ketones (excluding diaryl/α,β-unsaturated/α-hetero) is 1. The summed E-state index contributed by atoms with van der Waals surface area (Å²) in [5, 5.41) is 0. The molecule has 2 bridgehead atoms. The summed E-state index contributed by atoms with van der Waals surface area (Å²) in [5.74, 6) is -0.265. The van der Waals surface area contributed by atoms with E-state index in [4.69, 9.17) is 9.47 Å². The predicted molar refractivity (Wildman–Crippen MR) is 80.5 cm³/mol. The summed E-state index contributed by atoms with van der Waals surface area (Å²) in [4.78, 5) is 15.0. The molecule has 2 saturated heterocycles. The molecule has 120 valence electrons. The van der Waals surface area contributed by atoms with Crippen molar-refractivity contribution < 1.29 is 18.7 Å². The molecule has 0 spiro atoms. The van der Waals surface area contributed by atoms with Crippen molar-refractivity contribution in [3.8, 4) is 5.75 Å². The molecule has 5 heteroatoms. The first kappa shape index (κ1) is 15.4. The molecule has 0 saturated carbocycles. The van der Waals surface area contributed by atoms with Crippen molar-refractivity contribution in [1.29, 1.82) is 0 Å². The number of ether oxygens (including phenoxy) is 2. The molecule has 0 aromatic heterocycles. The largest absolute Gasteiger partial charge is 0.467 e. The van der Waals surface area contributed by atoms with Gasteiger partial charge in [-0.3, -0.25) is 4.79 Å². The molecule has 0 amide bonds. The molecule has 2 atom stereocenters. The Morgan fingerprint density at radius 1 is 1.32 bits per heavy atom. The Kier molecular flexibility index (Phi) is 4.45. The van der Waals surface area contributed by atoms with Crippen LogP contribution in [0, 0.1) is 11.7 Å². The maximum Gasteiger partial charge on any atom is 0.188 e. The molecule has 1 aromatic carbocycles. The smallest absolute Gasteiger partial charge is 0.188 e. The normalized spacial score (nSPS) is 27.9. The molecule has 2 aliphatic heterocycles. The molecule has 0 aliphatic carbocycles. The topological polar surface area (TPSA) is 38.8 Å². The van der Waals surface area contributed by atoms with Crippen LogP contribution in [-0.2, 0) is 4.74 Å². The number of rotatable bonds is 5. The number of nitrogens with zero attached hydrogens (tertiary/aromatic N) is 1. The van der Waals surface area contributed by atoms with Crippen molar-refractivity contribution in [3.63, 3.8) is 0 Å². The first-order valence-corrected chi connectivity index (χ1v) is 7.77. The minimum Gasteiger partial charge on any atom is -0.467 e. The van der Waals surface area contributed by atoms with Crippen molar-refractivity contribution >= 4 is 5.78 Å². The van der Waals surface area contributed by atoms with Crippen molar-refractivity contribution in [2.45, 2.75) is 37.8 Å². The van der Waals surface area contributed by atoms with Crippen LogP contribution in [0.1, 0.15) is 36.0 Å². The van der Waals surface area contributed by atoms with E-state index < -0.39 is 5.82 Å². The Labute approximate surface area is 130 Å². The lowest BCUT2D eigenvalue weighted by atomic mass is 9.85. The summed E-state index contributed by atoms with van der Waals surface area (Å²) >= 11 is 0. The van der Waals surface area contributed by atoms with E-state index in [1.165, 1.54) is 19.2 Å². The van der Waals surface area contributed by atoms with Crippen LogP contribution in [0.4, 0.5) is 4.39 Å². The minimum atomic E-state index is -0.509. The van der Waals surface area contributed by atoms with Gasteiger partial charge in [-0.05, 0) is 44.9 Å². The number of halogens is 1. The van der Waals surface area contributed by atoms with Crippen molar-refractivity contribution in [1.82, 2.24) is 4.90 Å². The van der Waals surface area contributed by atoms with Crippen LogP contribution in [-0.4, -0.2) is 43.7 Å². The molecule has 2 fully saturated rings. The molecule has 1 aromatic rings. The Morgan fingerprint density at radius 3 is 2.59 bits per heavy atom. The second-order valence-corrected chi connectivity index (χ2v) is 6.28. The van der Waals surface area contributed by atoms with Gasteiger partial charge < -0.3 is 14.4 Å². The van der Waals surface area contributed by atoms with E-state index in [0.29, 0.717) is 17.8 Å². The van der Waals surface area contributed by atoms with Gasteiger partial charge in [-0.15, -0.1) is 0 Å². The molecule has 3 rings (SSSR count). The number of benzene rings is 1. The quantitative estimate of drug-likeness (QED) is 0.619. The maximum absolute atomic E-state index is 14.2. The van der Waals surface area contributed by atoms with Crippen molar-refractivity contribution in [3.05, 3.63) is 29.6 Å². The maximum atomic E-state index is 14.2. The Bertz CT molecular complexity index is 549. The number of piperidine rings is 1. The zero-order valence-electron chi connectivity index (χ0n) is 13.0.